The fourth-order valence-electron chi connectivity index (χ4n) is 2.37. The summed E-state index contributed by atoms with van der Waals surface area (Å²) in [6.45, 7) is 15.1. The zero-order valence-corrected chi connectivity index (χ0v) is 14.0. The first-order chi connectivity index (χ1) is 8.74. The SMILES string of the molecule is CC.CC.CC1CCNC1.CNC1CCC[C@@H]1C. The van der Waals surface area contributed by atoms with Gasteiger partial charge in [0.25, 0.3) is 0 Å². The van der Waals surface area contributed by atoms with Crippen LogP contribution in [-0.2, 0) is 0 Å². The summed E-state index contributed by atoms with van der Waals surface area (Å²) in [6.07, 6.45) is 5.61. The van der Waals surface area contributed by atoms with Crippen molar-refractivity contribution in [3.63, 3.8) is 0 Å². The van der Waals surface area contributed by atoms with Crippen LogP contribution in [0, 0.1) is 11.8 Å². The number of rotatable bonds is 1. The summed E-state index contributed by atoms with van der Waals surface area (Å²) in [5.41, 5.74) is 0. The summed E-state index contributed by atoms with van der Waals surface area (Å²) in [6, 6.07) is 0.815. The van der Waals surface area contributed by atoms with E-state index in [4.69, 9.17) is 0 Å². The Morgan fingerprint density at radius 2 is 1.56 bits per heavy atom. The van der Waals surface area contributed by atoms with Crippen molar-refractivity contribution in [3.8, 4) is 0 Å². The molecule has 1 aliphatic carbocycles. The fraction of sp³-hybridized carbons (Fsp3) is 1.00. The van der Waals surface area contributed by atoms with Crippen LogP contribution in [0.15, 0.2) is 0 Å². The number of hydrogen-bond acceptors (Lipinski definition) is 2. The van der Waals surface area contributed by atoms with Crippen LogP contribution in [0.2, 0.25) is 0 Å². The fourth-order valence-corrected chi connectivity index (χ4v) is 2.37. The molecule has 0 bridgehead atoms. The maximum atomic E-state index is 3.31. The normalized spacial score (nSPS) is 29.2. The molecule has 1 aliphatic heterocycles. The van der Waals surface area contributed by atoms with Gasteiger partial charge in [-0.25, -0.2) is 0 Å². The molecule has 0 aromatic heterocycles. The minimum absolute atomic E-state index is 0.815. The second-order valence-corrected chi connectivity index (χ2v) is 4.90. The second-order valence-electron chi connectivity index (χ2n) is 4.90. The lowest BCUT2D eigenvalue weighted by atomic mass is 10.1. The van der Waals surface area contributed by atoms with Crippen molar-refractivity contribution in [2.45, 2.75) is 73.3 Å². The second kappa shape index (κ2) is 15.0. The Kier molecular flexibility index (Phi) is 16.8. The van der Waals surface area contributed by atoms with E-state index in [1.54, 1.807) is 0 Å². The van der Waals surface area contributed by atoms with Crippen molar-refractivity contribution in [2.24, 2.45) is 11.8 Å². The van der Waals surface area contributed by atoms with E-state index in [9.17, 15) is 0 Å². The number of hydrogen-bond donors (Lipinski definition) is 2. The molecule has 3 atom stereocenters. The third-order valence-electron chi connectivity index (χ3n) is 3.54. The van der Waals surface area contributed by atoms with Gasteiger partial charge in [-0.05, 0) is 51.2 Å². The van der Waals surface area contributed by atoms with E-state index >= 15 is 0 Å². The molecule has 0 amide bonds. The predicted molar refractivity (Wildman–Crippen MR) is 85.2 cm³/mol. The van der Waals surface area contributed by atoms with E-state index < -0.39 is 0 Å². The molecule has 1 heterocycles. The zero-order chi connectivity index (χ0) is 14.4. The lowest BCUT2D eigenvalue weighted by Crippen LogP contribution is -2.26. The van der Waals surface area contributed by atoms with Crippen molar-refractivity contribution in [2.75, 3.05) is 20.1 Å². The molecular weight excluding hydrogens is 220 g/mol. The summed E-state index contributed by atoms with van der Waals surface area (Å²) in [7, 11) is 2.06. The van der Waals surface area contributed by atoms with Gasteiger partial charge in [0.2, 0.25) is 0 Å². The van der Waals surface area contributed by atoms with Crippen LogP contribution < -0.4 is 10.6 Å². The highest BCUT2D eigenvalue weighted by molar-refractivity contribution is 4.78. The van der Waals surface area contributed by atoms with Crippen LogP contribution >= 0.6 is 0 Å². The Morgan fingerprint density at radius 3 is 1.72 bits per heavy atom. The Balaban J connectivity index is 0. The van der Waals surface area contributed by atoms with Gasteiger partial charge in [0.05, 0.1) is 0 Å². The molecule has 2 fully saturated rings. The van der Waals surface area contributed by atoms with E-state index in [-0.39, 0.29) is 0 Å². The molecule has 2 heteroatoms. The standard InChI is InChI=1S/C7H15N.C5H11N.2C2H6/c1-6-4-3-5-7(6)8-2;1-5-2-3-6-4-5;2*1-2/h6-8H,3-5H2,1-2H3;5-6H,2-4H2,1H3;2*1-2H3/t6-,7?;;;/m0.../s1. The van der Waals surface area contributed by atoms with Gasteiger partial charge in [0.1, 0.15) is 0 Å². The highest BCUT2D eigenvalue weighted by atomic mass is 14.9. The van der Waals surface area contributed by atoms with Gasteiger partial charge in [-0.2, -0.15) is 0 Å². The van der Waals surface area contributed by atoms with Gasteiger partial charge in [0.15, 0.2) is 0 Å². The van der Waals surface area contributed by atoms with Crippen molar-refractivity contribution >= 4 is 0 Å². The average Bonchev–Trinajstić information content (AvgIpc) is 3.06. The van der Waals surface area contributed by atoms with Crippen molar-refractivity contribution < 1.29 is 0 Å². The molecule has 2 rings (SSSR count). The zero-order valence-electron chi connectivity index (χ0n) is 14.0. The molecule has 2 nitrogen and oxygen atoms in total. The summed E-state index contributed by atoms with van der Waals surface area (Å²) < 4.78 is 0. The summed E-state index contributed by atoms with van der Waals surface area (Å²) in [4.78, 5) is 0. The topological polar surface area (TPSA) is 24.1 Å². The summed E-state index contributed by atoms with van der Waals surface area (Å²) in [5.74, 6) is 1.85. The van der Waals surface area contributed by atoms with Gasteiger partial charge in [-0.3, -0.25) is 0 Å². The molecule has 1 saturated heterocycles. The molecule has 0 radical (unpaired) electrons. The molecular formula is C16H38N2. The van der Waals surface area contributed by atoms with Gasteiger partial charge < -0.3 is 10.6 Å². The van der Waals surface area contributed by atoms with Crippen LogP contribution in [0.4, 0.5) is 0 Å². The number of nitrogens with one attached hydrogen (secondary N) is 2. The first-order valence-corrected chi connectivity index (χ1v) is 8.12. The summed E-state index contributed by atoms with van der Waals surface area (Å²) in [5, 5.41) is 6.59. The van der Waals surface area contributed by atoms with Crippen molar-refractivity contribution in [3.05, 3.63) is 0 Å². The molecule has 2 N–H and O–H groups in total. The first-order valence-electron chi connectivity index (χ1n) is 8.12. The third kappa shape index (κ3) is 9.90. The van der Waals surface area contributed by atoms with Gasteiger partial charge in [-0.1, -0.05) is 48.0 Å². The molecule has 0 aromatic rings. The maximum Gasteiger partial charge on any atom is 0.00896 e. The Hall–Kier alpha value is -0.0800. The van der Waals surface area contributed by atoms with E-state index in [0.717, 1.165) is 17.9 Å². The molecule has 1 saturated carbocycles. The van der Waals surface area contributed by atoms with E-state index in [1.165, 1.54) is 38.8 Å². The van der Waals surface area contributed by atoms with E-state index in [1.807, 2.05) is 27.7 Å². The lowest BCUT2D eigenvalue weighted by molar-refractivity contribution is 0.459. The third-order valence-corrected chi connectivity index (χ3v) is 3.54. The average molecular weight is 258 g/mol. The predicted octanol–water partition coefficient (Wildman–Crippen LogP) is 4.06. The van der Waals surface area contributed by atoms with Crippen LogP contribution in [0.25, 0.3) is 0 Å². The smallest absolute Gasteiger partial charge is 0.00896 e. The van der Waals surface area contributed by atoms with Gasteiger partial charge >= 0.3 is 0 Å². The maximum absolute atomic E-state index is 3.31. The van der Waals surface area contributed by atoms with E-state index in [0.29, 0.717) is 0 Å². The van der Waals surface area contributed by atoms with Crippen molar-refractivity contribution in [1.82, 2.24) is 10.6 Å². The van der Waals surface area contributed by atoms with Gasteiger partial charge in [0, 0.05) is 6.04 Å². The van der Waals surface area contributed by atoms with Crippen LogP contribution in [0.3, 0.4) is 0 Å². The van der Waals surface area contributed by atoms with Crippen molar-refractivity contribution in [1.29, 1.82) is 0 Å². The highest BCUT2D eigenvalue weighted by Crippen LogP contribution is 2.23. The van der Waals surface area contributed by atoms with E-state index in [2.05, 4.69) is 31.5 Å². The molecule has 2 aliphatic rings. The Labute approximate surface area is 116 Å². The molecule has 18 heavy (non-hydrogen) atoms. The Bertz CT molecular complexity index is 142. The minimum Gasteiger partial charge on any atom is -0.317 e. The largest absolute Gasteiger partial charge is 0.317 e. The lowest BCUT2D eigenvalue weighted by Gasteiger charge is -2.12. The van der Waals surface area contributed by atoms with Crippen LogP contribution in [0.1, 0.15) is 67.2 Å². The highest BCUT2D eigenvalue weighted by Gasteiger charge is 2.20. The molecule has 0 spiro atoms. The minimum atomic E-state index is 0.815. The first kappa shape index (κ1) is 20.2. The van der Waals surface area contributed by atoms with Crippen LogP contribution in [-0.4, -0.2) is 26.2 Å². The summed E-state index contributed by atoms with van der Waals surface area (Å²) >= 11 is 0. The Morgan fingerprint density at radius 1 is 0.944 bits per heavy atom. The van der Waals surface area contributed by atoms with Gasteiger partial charge in [-0.15, -0.1) is 0 Å². The monoisotopic (exact) mass is 258 g/mol. The quantitative estimate of drug-likeness (QED) is 0.741. The van der Waals surface area contributed by atoms with Crippen LogP contribution in [0.5, 0.6) is 0 Å². The molecule has 0 aromatic carbocycles. The molecule has 2 unspecified atom stereocenters. The molecule has 112 valence electrons.